The van der Waals surface area contributed by atoms with Crippen molar-refractivity contribution in [2.24, 2.45) is 0 Å². The molecular weight excluding hydrogens is 381 g/mol. The van der Waals surface area contributed by atoms with E-state index in [4.69, 9.17) is 27.9 Å². The summed E-state index contributed by atoms with van der Waals surface area (Å²) < 4.78 is 4.90. The molecule has 26 heavy (non-hydrogen) atoms. The van der Waals surface area contributed by atoms with E-state index in [0.717, 1.165) is 0 Å². The van der Waals surface area contributed by atoms with Crippen molar-refractivity contribution < 1.29 is 19.1 Å². The molecule has 0 unspecified atom stereocenters. The number of hydrogen-bond acceptors (Lipinski definition) is 5. The minimum Gasteiger partial charge on any atom is -0.452 e. The van der Waals surface area contributed by atoms with Gasteiger partial charge in [-0.2, -0.15) is 0 Å². The van der Waals surface area contributed by atoms with Crippen molar-refractivity contribution in [1.82, 2.24) is 9.88 Å². The summed E-state index contributed by atoms with van der Waals surface area (Å²) in [5, 5.41) is 2.74. The summed E-state index contributed by atoms with van der Waals surface area (Å²) in [4.78, 5) is 40.7. The minimum atomic E-state index is -0.752. The van der Waals surface area contributed by atoms with E-state index in [1.807, 2.05) is 0 Å². The van der Waals surface area contributed by atoms with Gasteiger partial charge in [-0.1, -0.05) is 23.2 Å². The van der Waals surface area contributed by atoms with Gasteiger partial charge in [-0.05, 0) is 30.3 Å². The first-order valence-corrected chi connectivity index (χ1v) is 8.13. The third-order valence-electron chi connectivity index (χ3n) is 3.19. The van der Waals surface area contributed by atoms with Crippen LogP contribution in [0.15, 0.2) is 36.5 Å². The molecule has 0 aliphatic rings. The van der Waals surface area contributed by atoms with Gasteiger partial charge in [0, 0.05) is 31.5 Å². The van der Waals surface area contributed by atoms with E-state index in [-0.39, 0.29) is 21.6 Å². The van der Waals surface area contributed by atoms with Crippen molar-refractivity contribution in [2.75, 3.05) is 26.0 Å². The Morgan fingerprint density at radius 2 is 1.77 bits per heavy atom. The molecule has 0 aliphatic heterocycles. The number of nitrogens with zero attached hydrogens (tertiary/aromatic N) is 2. The zero-order valence-electron chi connectivity index (χ0n) is 14.0. The van der Waals surface area contributed by atoms with Gasteiger partial charge in [0.2, 0.25) is 0 Å². The molecule has 1 N–H and O–H groups in total. The first kappa shape index (κ1) is 19.7. The van der Waals surface area contributed by atoms with Crippen molar-refractivity contribution in [3.8, 4) is 0 Å². The number of carbonyl (C=O) groups excluding carboxylic acids is 3. The van der Waals surface area contributed by atoms with Crippen molar-refractivity contribution in [1.29, 1.82) is 0 Å². The summed E-state index contributed by atoms with van der Waals surface area (Å²) >= 11 is 11.4. The Labute approximate surface area is 159 Å². The number of pyridine rings is 1. The van der Waals surface area contributed by atoms with Gasteiger partial charge in [0.25, 0.3) is 11.8 Å². The topological polar surface area (TPSA) is 88.6 Å². The van der Waals surface area contributed by atoms with Crippen LogP contribution in [0, 0.1) is 0 Å². The summed E-state index contributed by atoms with van der Waals surface area (Å²) in [6, 6.07) is 7.65. The smallest absolute Gasteiger partial charge is 0.340 e. The van der Waals surface area contributed by atoms with Crippen molar-refractivity contribution in [2.45, 2.75) is 0 Å². The highest BCUT2D eigenvalue weighted by atomic mass is 35.5. The average Bonchev–Trinajstić information content (AvgIpc) is 2.62. The highest BCUT2D eigenvalue weighted by molar-refractivity contribution is 6.41. The average molecular weight is 396 g/mol. The number of aromatic nitrogens is 1. The molecule has 7 nitrogen and oxygen atoms in total. The quantitative estimate of drug-likeness (QED) is 0.620. The standard InChI is InChI=1S/C17H15Cl2N3O4/c1-22(2)16(24)10-3-5-12(6-4-10)21-14(23)9-26-17(25)11-7-13(18)15(19)20-8-11/h3-8H,9H2,1-2H3,(H,21,23). The minimum absolute atomic E-state index is 0.0668. The van der Waals surface area contributed by atoms with Crippen LogP contribution >= 0.6 is 23.2 Å². The van der Waals surface area contributed by atoms with Crippen LogP contribution in [0.25, 0.3) is 0 Å². The normalized spacial score (nSPS) is 10.2. The Morgan fingerprint density at radius 1 is 1.12 bits per heavy atom. The molecule has 0 aliphatic carbocycles. The van der Waals surface area contributed by atoms with E-state index in [1.165, 1.54) is 17.2 Å². The van der Waals surface area contributed by atoms with E-state index in [2.05, 4.69) is 10.3 Å². The van der Waals surface area contributed by atoms with E-state index in [1.54, 1.807) is 38.4 Å². The predicted octanol–water partition coefficient (Wildman–Crippen LogP) is 2.89. The van der Waals surface area contributed by atoms with E-state index in [0.29, 0.717) is 11.3 Å². The lowest BCUT2D eigenvalue weighted by Gasteiger charge is -2.11. The second-order valence-corrected chi connectivity index (χ2v) is 6.16. The van der Waals surface area contributed by atoms with Crippen LogP contribution in [0.5, 0.6) is 0 Å². The number of amides is 2. The van der Waals surface area contributed by atoms with Gasteiger partial charge >= 0.3 is 5.97 Å². The molecule has 2 amide bonds. The van der Waals surface area contributed by atoms with Crippen LogP contribution in [0.3, 0.4) is 0 Å². The molecule has 0 fully saturated rings. The monoisotopic (exact) mass is 395 g/mol. The van der Waals surface area contributed by atoms with Crippen LogP contribution in [-0.2, 0) is 9.53 Å². The maximum atomic E-state index is 11.9. The van der Waals surface area contributed by atoms with Gasteiger partial charge in [-0.3, -0.25) is 9.59 Å². The van der Waals surface area contributed by atoms with E-state index in [9.17, 15) is 14.4 Å². The number of rotatable bonds is 5. The summed E-state index contributed by atoms with van der Waals surface area (Å²) in [5.74, 6) is -1.43. The first-order valence-electron chi connectivity index (χ1n) is 7.37. The molecule has 136 valence electrons. The molecular formula is C17H15Cl2N3O4. The lowest BCUT2D eigenvalue weighted by atomic mass is 10.2. The number of ether oxygens (including phenoxy) is 1. The third-order valence-corrected chi connectivity index (χ3v) is 3.87. The van der Waals surface area contributed by atoms with Crippen LogP contribution in [0.4, 0.5) is 5.69 Å². The molecule has 0 bridgehead atoms. The molecule has 2 rings (SSSR count). The van der Waals surface area contributed by atoms with Crippen LogP contribution in [-0.4, -0.2) is 48.4 Å². The fourth-order valence-corrected chi connectivity index (χ4v) is 2.17. The molecule has 0 atom stereocenters. The molecule has 0 radical (unpaired) electrons. The molecule has 2 aromatic rings. The molecule has 9 heteroatoms. The molecule has 0 spiro atoms. The van der Waals surface area contributed by atoms with Crippen molar-refractivity contribution in [3.05, 3.63) is 57.8 Å². The molecule has 0 saturated heterocycles. The number of esters is 1. The lowest BCUT2D eigenvalue weighted by molar-refractivity contribution is -0.119. The summed E-state index contributed by atoms with van der Waals surface area (Å²) in [7, 11) is 3.30. The maximum Gasteiger partial charge on any atom is 0.340 e. The van der Waals surface area contributed by atoms with E-state index < -0.39 is 18.5 Å². The molecule has 1 aromatic heterocycles. The SMILES string of the molecule is CN(C)C(=O)c1ccc(NC(=O)COC(=O)c2cnc(Cl)c(Cl)c2)cc1. The van der Waals surface area contributed by atoms with Crippen LogP contribution < -0.4 is 5.32 Å². The summed E-state index contributed by atoms with van der Waals surface area (Å²) in [6.07, 6.45) is 1.20. The van der Waals surface area contributed by atoms with Crippen LogP contribution in [0.1, 0.15) is 20.7 Å². The van der Waals surface area contributed by atoms with Gasteiger partial charge in [-0.25, -0.2) is 9.78 Å². The van der Waals surface area contributed by atoms with E-state index >= 15 is 0 Å². The zero-order valence-corrected chi connectivity index (χ0v) is 15.5. The number of halogens is 2. The highest BCUT2D eigenvalue weighted by Crippen LogP contribution is 2.20. The molecule has 0 saturated carbocycles. The first-order chi connectivity index (χ1) is 12.3. The fourth-order valence-electron chi connectivity index (χ4n) is 1.90. The molecule has 1 aromatic carbocycles. The van der Waals surface area contributed by atoms with Gasteiger partial charge in [0.15, 0.2) is 6.61 Å². The Morgan fingerprint density at radius 3 is 2.35 bits per heavy atom. The van der Waals surface area contributed by atoms with Gasteiger partial charge < -0.3 is 15.0 Å². The predicted molar refractivity (Wildman–Crippen MR) is 97.6 cm³/mol. The van der Waals surface area contributed by atoms with Gasteiger partial charge in [-0.15, -0.1) is 0 Å². The lowest BCUT2D eigenvalue weighted by Crippen LogP contribution is -2.22. The largest absolute Gasteiger partial charge is 0.452 e. The Bertz CT molecular complexity index is 838. The zero-order chi connectivity index (χ0) is 19.3. The Hall–Kier alpha value is -2.64. The number of hydrogen-bond donors (Lipinski definition) is 1. The number of nitrogens with one attached hydrogen (secondary N) is 1. The van der Waals surface area contributed by atoms with Gasteiger partial charge in [0.05, 0.1) is 10.6 Å². The second-order valence-electron chi connectivity index (χ2n) is 5.40. The third kappa shape index (κ3) is 5.18. The summed E-state index contributed by atoms with van der Waals surface area (Å²) in [6.45, 7) is -0.489. The number of carbonyl (C=O) groups is 3. The van der Waals surface area contributed by atoms with Crippen molar-refractivity contribution >= 4 is 46.7 Å². The molecule has 1 heterocycles. The van der Waals surface area contributed by atoms with Gasteiger partial charge in [0.1, 0.15) is 5.15 Å². The summed E-state index contributed by atoms with van der Waals surface area (Å²) in [5.41, 5.74) is 1.04. The van der Waals surface area contributed by atoms with Crippen molar-refractivity contribution in [3.63, 3.8) is 0 Å². The maximum absolute atomic E-state index is 11.9. The Kier molecular flexibility index (Phi) is 6.54. The fraction of sp³-hybridized carbons (Fsp3) is 0.176. The highest BCUT2D eigenvalue weighted by Gasteiger charge is 2.13. The number of benzene rings is 1. The van der Waals surface area contributed by atoms with Crippen LogP contribution in [0.2, 0.25) is 10.2 Å². The Balaban J connectivity index is 1.89. The number of anilines is 1. The second kappa shape index (κ2) is 8.64.